The maximum absolute atomic E-state index is 4.27. The minimum absolute atomic E-state index is 0.308. The van der Waals surface area contributed by atoms with Crippen molar-refractivity contribution >= 4 is 0 Å². The van der Waals surface area contributed by atoms with Gasteiger partial charge in [0, 0.05) is 24.9 Å². The van der Waals surface area contributed by atoms with Crippen LogP contribution < -0.4 is 5.32 Å². The van der Waals surface area contributed by atoms with Crippen LogP contribution in [-0.2, 0) is 11.8 Å². The van der Waals surface area contributed by atoms with Crippen LogP contribution in [0.15, 0.2) is 36.7 Å². The van der Waals surface area contributed by atoms with Gasteiger partial charge in [-0.15, -0.1) is 0 Å². The summed E-state index contributed by atoms with van der Waals surface area (Å²) in [6.45, 7) is 5.76. The SMILES string of the molecule is CC1(C)CCC(NCCCc2ncc[nH]2)c2ccccc21. The number of nitrogens with zero attached hydrogens (tertiary/aromatic N) is 1. The van der Waals surface area contributed by atoms with Gasteiger partial charge in [0.05, 0.1) is 0 Å². The van der Waals surface area contributed by atoms with Crippen LogP contribution in [0.1, 0.15) is 56.1 Å². The summed E-state index contributed by atoms with van der Waals surface area (Å²) in [5.41, 5.74) is 3.31. The number of hydrogen-bond donors (Lipinski definition) is 2. The lowest BCUT2D eigenvalue weighted by atomic mass is 9.71. The molecule has 0 saturated carbocycles. The second kappa shape index (κ2) is 6.02. The van der Waals surface area contributed by atoms with Crippen molar-refractivity contribution in [2.24, 2.45) is 0 Å². The first-order valence-electron chi connectivity index (χ1n) is 7.98. The third-order valence-electron chi connectivity index (χ3n) is 4.66. The number of H-pyrrole nitrogens is 1. The van der Waals surface area contributed by atoms with Crippen LogP contribution in [0.5, 0.6) is 0 Å². The Morgan fingerprint density at radius 3 is 3.00 bits per heavy atom. The van der Waals surface area contributed by atoms with Crippen molar-refractivity contribution in [3.05, 3.63) is 53.6 Å². The fourth-order valence-electron chi connectivity index (χ4n) is 3.39. The van der Waals surface area contributed by atoms with Crippen molar-refractivity contribution in [2.75, 3.05) is 6.54 Å². The van der Waals surface area contributed by atoms with Gasteiger partial charge in [0.15, 0.2) is 0 Å². The average molecular weight is 283 g/mol. The van der Waals surface area contributed by atoms with Crippen LogP contribution in [0.4, 0.5) is 0 Å². The van der Waals surface area contributed by atoms with E-state index in [4.69, 9.17) is 0 Å². The van der Waals surface area contributed by atoms with Crippen molar-refractivity contribution in [1.82, 2.24) is 15.3 Å². The van der Waals surface area contributed by atoms with Gasteiger partial charge in [0.2, 0.25) is 0 Å². The second-order valence-electron chi connectivity index (χ2n) is 6.66. The van der Waals surface area contributed by atoms with Crippen LogP contribution in [0, 0.1) is 0 Å². The average Bonchev–Trinajstić information content (AvgIpc) is 2.99. The quantitative estimate of drug-likeness (QED) is 0.821. The van der Waals surface area contributed by atoms with Crippen LogP contribution >= 0.6 is 0 Å². The van der Waals surface area contributed by atoms with Gasteiger partial charge >= 0.3 is 0 Å². The molecule has 0 spiro atoms. The number of nitrogens with one attached hydrogen (secondary N) is 2. The van der Waals surface area contributed by atoms with Crippen molar-refractivity contribution < 1.29 is 0 Å². The van der Waals surface area contributed by atoms with E-state index in [0.717, 1.165) is 25.2 Å². The summed E-state index contributed by atoms with van der Waals surface area (Å²) < 4.78 is 0. The van der Waals surface area contributed by atoms with E-state index in [1.807, 2.05) is 12.4 Å². The highest BCUT2D eigenvalue weighted by atomic mass is 14.9. The van der Waals surface area contributed by atoms with Gasteiger partial charge < -0.3 is 10.3 Å². The highest BCUT2D eigenvalue weighted by Gasteiger charge is 2.31. The fraction of sp³-hybridized carbons (Fsp3) is 0.500. The van der Waals surface area contributed by atoms with E-state index in [-0.39, 0.29) is 0 Å². The zero-order valence-electron chi connectivity index (χ0n) is 13.0. The number of aryl methyl sites for hydroxylation is 1. The Hall–Kier alpha value is -1.61. The molecule has 3 rings (SSSR count). The van der Waals surface area contributed by atoms with Crippen molar-refractivity contribution in [3.63, 3.8) is 0 Å². The summed E-state index contributed by atoms with van der Waals surface area (Å²) >= 11 is 0. The summed E-state index contributed by atoms with van der Waals surface area (Å²) in [6, 6.07) is 9.43. The van der Waals surface area contributed by atoms with E-state index in [1.165, 1.54) is 24.0 Å². The number of aromatic amines is 1. The Morgan fingerprint density at radius 2 is 2.19 bits per heavy atom. The van der Waals surface area contributed by atoms with E-state index in [2.05, 4.69) is 53.4 Å². The Bertz CT molecular complexity index is 572. The number of benzene rings is 1. The smallest absolute Gasteiger partial charge is 0.106 e. The molecule has 0 bridgehead atoms. The second-order valence-corrected chi connectivity index (χ2v) is 6.66. The van der Waals surface area contributed by atoms with Crippen LogP contribution in [0.2, 0.25) is 0 Å². The third kappa shape index (κ3) is 3.18. The minimum Gasteiger partial charge on any atom is -0.349 e. The molecule has 0 aliphatic heterocycles. The highest BCUT2D eigenvalue weighted by molar-refractivity contribution is 5.38. The Kier molecular flexibility index (Phi) is 4.11. The third-order valence-corrected chi connectivity index (χ3v) is 4.66. The lowest BCUT2D eigenvalue weighted by molar-refractivity contribution is 0.357. The number of imidazole rings is 1. The molecular weight excluding hydrogens is 258 g/mol. The maximum Gasteiger partial charge on any atom is 0.106 e. The standard InChI is InChI=1S/C18H25N3/c1-18(2)10-9-16(14-6-3-4-7-15(14)18)19-11-5-8-17-20-12-13-21-17/h3-4,6-7,12-13,16,19H,5,8-11H2,1-2H3,(H,20,21). The number of fused-ring (bicyclic) bond motifs is 1. The zero-order chi connectivity index (χ0) is 14.7. The lowest BCUT2D eigenvalue weighted by Gasteiger charge is -2.37. The molecule has 1 aromatic carbocycles. The molecule has 2 aromatic rings. The molecule has 0 amide bonds. The van der Waals surface area contributed by atoms with Gasteiger partial charge in [0.25, 0.3) is 0 Å². The molecule has 21 heavy (non-hydrogen) atoms. The highest BCUT2D eigenvalue weighted by Crippen LogP contribution is 2.41. The van der Waals surface area contributed by atoms with Gasteiger partial charge in [-0.1, -0.05) is 38.1 Å². The minimum atomic E-state index is 0.308. The van der Waals surface area contributed by atoms with E-state index in [0.29, 0.717) is 11.5 Å². The molecule has 1 atom stereocenters. The molecule has 3 heteroatoms. The summed E-state index contributed by atoms with van der Waals surface area (Å²) in [6.07, 6.45) is 8.32. The molecule has 2 N–H and O–H groups in total. The number of hydrogen-bond acceptors (Lipinski definition) is 2. The molecule has 1 aromatic heterocycles. The van der Waals surface area contributed by atoms with E-state index < -0.39 is 0 Å². The van der Waals surface area contributed by atoms with Gasteiger partial charge in [-0.25, -0.2) is 4.98 Å². The lowest BCUT2D eigenvalue weighted by Crippen LogP contribution is -2.33. The topological polar surface area (TPSA) is 40.7 Å². The molecule has 0 radical (unpaired) electrons. The number of aromatic nitrogens is 2. The molecule has 3 nitrogen and oxygen atoms in total. The van der Waals surface area contributed by atoms with Crippen molar-refractivity contribution in [3.8, 4) is 0 Å². The first-order valence-corrected chi connectivity index (χ1v) is 7.98. The van der Waals surface area contributed by atoms with Gasteiger partial charge in [-0.2, -0.15) is 0 Å². The first-order chi connectivity index (χ1) is 10.2. The van der Waals surface area contributed by atoms with Crippen LogP contribution in [0.25, 0.3) is 0 Å². The summed E-state index contributed by atoms with van der Waals surface area (Å²) in [4.78, 5) is 7.44. The molecule has 1 aliphatic rings. The summed E-state index contributed by atoms with van der Waals surface area (Å²) in [5, 5.41) is 3.74. The molecular formula is C18H25N3. The zero-order valence-corrected chi connectivity index (χ0v) is 13.0. The molecule has 0 saturated heterocycles. The molecule has 0 fully saturated rings. The first kappa shape index (κ1) is 14.3. The fourth-order valence-corrected chi connectivity index (χ4v) is 3.39. The van der Waals surface area contributed by atoms with E-state index in [1.54, 1.807) is 0 Å². The Labute approximate surface area is 127 Å². The molecule has 1 heterocycles. The van der Waals surface area contributed by atoms with Gasteiger partial charge in [-0.3, -0.25) is 0 Å². The molecule has 1 aliphatic carbocycles. The number of rotatable bonds is 5. The van der Waals surface area contributed by atoms with Gasteiger partial charge in [-0.05, 0) is 42.3 Å². The molecule has 1 unspecified atom stereocenters. The largest absolute Gasteiger partial charge is 0.349 e. The predicted octanol–water partition coefficient (Wildman–Crippen LogP) is 3.74. The van der Waals surface area contributed by atoms with E-state index in [9.17, 15) is 0 Å². The predicted molar refractivity (Wildman–Crippen MR) is 86.4 cm³/mol. The van der Waals surface area contributed by atoms with Crippen molar-refractivity contribution in [2.45, 2.75) is 51.0 Å². The maximum atomic E-state index is 4.27. The summed E-state index contributed by atoms with van der Waals surface area (Å²) in [7, 11) is 0. The van der Waals surface area contributed by atoms with E-state index >= 15 is 0 Å². The van der Waals surface area contributed by atoms with Gasteiger partial charge in [0.1, 0.15) is 5.82 Å². The summed E-state index contributed by atoms with van der Waals surface area (Å²) in [5.74, 6) is 1.09. The monoisotopic (exact) mass is 283 g/mol. The Morgan fingerprint density at radius 1 is 1.33 bits per heavy atom. The molecule has 112 valence electrons. The van der Waals surface area contributed by atoms with Crippen LogP contribution in [-0.4, -0.2) is 16.5 Å². The Balaban J connectivity index is 1.59. The normalized spacial score (nSPS) is 20.2. The van der Waals surface area contributed by atoms with Crippen LogP contribution in [0.3, 0.4) is 0 Å². The van der Waals surface area contributed by atoms with Crippen molar-refractivity contribution in [1.29, 1.82) is 0 Å².